The zero-order valence-electron chi connectivity index (χ0n) is 17.8. The molecule has 0 bridgehead atoms. The lowest BCUT2D eigenvalue weighted by atomic mass is 9.97. The van der Waals surface area contributed by atoms with Gasteiger partial charge in [0.2, 0.25) is 5.78 Å². The van der Waals surface area contributed by atoms with E-state index in [2.05, 4.69) is 23.8 Å². The van der Waals surface area contributed by atoms with E-state index in [1.807, 2.05) is 31.2 Å². The number of carbonyl (C=O) groups excluding carboxylic acids is 2. The topological polar surface area (TPSA) is 83.4 Å². The number of aryl methyl sites for hydroxylation is 2. The monoisotopic (exact) mass is 433 g/mol. The summed E-state index contributed by atoms with van der Waals surface area (Å²) in [5.41, 5.74) is 2.85. The highest BCUT2D eigenvalue weighted by atomic mass is 32.1. The molecule has 3 heterocycles. The van der Waals surface area contributed by atoms with Crippen molar-refractivity contribution in [1.82, 2.24) is 9.97 Å². The Morgan fingerprint density at radius 1 is 1.13 bits per heavy atom. The van der Waals surface area contributed by atoms with Crippen LogP contribution in [0.3, 0.4) is 0 Å². The van der Waals surface area contributed by atoms with Gasteiger partial charge in [-0.05, 0) is 49.6 Å². The molecule has 0 saturated carbocycles. The van der Waals surface area contributed by atoms with E-state index in [1.54, 1.807) is 31.3 Å². The van der Waals surface area contributed by atoms with Crippen molar-refractivity contribution in [2.45, 2.75) is 39.7 Å². The second kappa shape index (κ2) is 8.07. The van der Waals surface area contributed by atoms with Crippen LogP contribution in [0.25, 0.3) is 0 Å². The normalized spacial score (nSPS) is 16.5. The summed E-state index contributed by atoms with van der Waals surface area (Å²) in [6.07, 6.45) is 1.61. The van der Waals surface area contributed by atoms with Gasteiger partial charge in [-0.2, -0.15) is 0 Å². The number of aliphatic hydroxyl groups excluding tert-OH is 1. The van der Waals surface area contributed by atoms with Crippen LogP contribution < -0.4 is 4.90 Å². The standard InChI is InChI=1S/C24H23N3O3S/c1-13(2)16-8-10-17(11-9-16)27-20(18-7-5-6-12-25-18)19(22(29)24(27)30)21(28)23-14(3)26-15(4)31-23/h5-13,20,29H,1-4H3. The number of anilines is 1. The molecule has 1 unspecified atom stereocenters. The third-order valence-electron chi connectivity index (χ3n) is 5.37. The van der Waals surface area contributed by atoms with Gasteiger partial charge in [0.25, 0.3) is 5.91 Å². The molecular formula is C24H23N3O3S. The van der Waals surface area contributed by atoms with Gasteiger partial charge in [0.05, 0.1) is 26.8 Å². The van der Waals surface area contributed by atoms with Crippen LogP contribution in [-0.4, -0.2) is 26.8 Å². The van der Waals surface area contributed by atoms with Crippen molar-refractivity contribution >= 4 is 28.7 Å². The molecule has 158 valence electrons. The number of amides is 1. The first-order valence-electron chi connectivity index (χ1n) is 10.1. The first-order valence-corrected chi connectivity index (χ1v) is 10.9. The molecule has 0 saturated heterocycles. The van der Waals surface area contributed by atoms with E-state index >= 15 is 0 Å². The van der Waals surface area contributed by atoms with E-state index in [0.717, 1.165) is 10.6 Å². The minimum Gasteiger partial charge on any atom is -0.503 e. The maximum Gasteiger partial charge on any atom is 0.294 e. The van der Waals surface area contributed by atoms with Gasteiger partial charge in [-0.15, -0.1) is 11.3 Å². The minimum atomic E-state index is -0.826. The Bertz CT molecular complexity index is 1180. The number of ketones is 1. The average molecular weight is 434 g/mol. The molecule has 6 nitrogen and oxygen atoms in total. The lowest BCUT2D eigenvalue weighted by Crippen LogP contribution is -2.31. The Hall–Kier alpha value is -3.32. The Kier molecular flexibility index (Phi) is 5.45. The average Bonchev–Trinajstić information content (AvgIpc) is 3.24. The molecule has 0 fully saturated rings. The largest absolute Gasteiger partial charge is 0.503 e. The quantitative estimate of drug-likeness (QED) is 0.569. The van der Waals surface area contributed by atoms with Gasteiger partial charge in [-0.1, -0.05) is 32.0 Å². The van der Waals surface area contributed by atoms with E-state index in [0.29, 0.717) is 27.9 Å². The van der Waals surface area contributed by atoms with E-state index < -0.39 is 23.5 Å². The number of carbonyl (C=O) groups is 2. The minimum absolute atomic E-state index is 0.0309. The summed E-state index contributed by atoms with van der Waals surface area (Å²) in [6.45, 7) is 7.76. The molecule has 1 N–H and O–H groups in total. The highest BCUT2D eigenvalue weighted by Crippen LogP contribution is 2.42. The molecule has 1 atom stereocenters. The summed E-state index contributed by atoms with van der Waals surface area (Å²) in [4.78, 5) is 37.3. The van der Waals surface area contributed by atoms with Crippen LogP contribution in [-0.2, 0) is 4.79 Å². The van der Waals surface area contributed by atoms with Crippen molar-refractivity contribution in [2.24, 2.45) is 0 Å². The fourth-order valence-corrected chi connectivity index (χ4v) is 4.68. The Balaban J connectivity index is 1.85. The molecule has 1 aliphatic rings. The van der Waals surface area contributed by atoms with Crippen molar-refractivity contribution in [2.75, 3.05) is 4.90 Å². The number of pyridine rings is 1. The lowest BCUT2D eigenvalue weighted by Gasteiger charge is -2.26. The van der Waals surface area contributed by atoms with Crippen LogP contribution in [0.15, 0.2) is 60.0 Å². The molecule has 2 aromatic heterocycles. The van der Waals surface area contributed by atoms with Crippen molar-refractivity contribution in [1.29, 1.82) is 0 Å². The molecular weight excluding hydrogens is 410 g/mol. The van der Waals surface area contributed by atoms with Crippen molar-refractivity contribution in [3.8, 4) is 0 Å². The Morgan fingerprint density at radius 2 is 1.84 bits per heavy atom. The van der Waals surface area contributed by atoms with E-state index in [4.69, 9.17) is 0 Å². The Labute approximate surface area is 184 Å². The molecule has 1 amide bonds. The van der Waals surface area contributed by atoms with Crippen LogP contribution in [0, 0.1) is 13.8 Å². The number of aliphatic hydroxyl groups is 1. The Morgan fingerprint density at radius 3 is 2.39 bits per heavy atom. The third-order valence-corrected chi connectivity index (χ3v) is 6.44. The lowest BCUT2D eigenvalue weighted by molar-refractivity contribution is -0.117. The summed E-state index contributed by atoms with van der Waals surface area (Å²) < 4.78 is 0. The molecule has 4 rings (SSSR count). The van der Waals surface area contributed by atoms with Crippen LogP contribution in [0.1, 0.15) is 57.4 Å². The van der Waals surface area contributed by atoms with Crippen LogP contribution in [0.4, 0.5) is 5.69 Å². The zero-order chi connectivity index (χ0) is 22.3. The summed E-state index contributed by atoms with van der Waals surface area (Å²) in [5, 5.41) is 11.6. The van der Waals surface area contributed by atoms with Gasteiger partial charge < -0.3 is 5.11 Å². The second-order valence-corrected chi connectivity index (χ2v) is 9.02. The van der Waals surface area contributed by atoms with Gasteiger partial charge in [0, 0.05) is 11.9 Å². The highest BCUT2D eigenvalue weighted by Gasteiger charge is 2.46. The molecule has 1 aromatic carbocycles. The molecule has 31 heavy (non-hydrogen) atoms. The molecule has 3 aromatic rings. The summed E-state index contributed by atoms with van der Waals surface area (Å²) >= 11 is 1.26. The van der Waals surface area contributed by atoms with Crippen molar-refractivity contribution in [3.63, 3.8) is 0 Å². The number of hydrogen-bond donors (Lipinski definition) is 1. The highest BCUT2D eigenvalue weighted by molar-refractivity contribution is 7.14. The number of rotatable bonds is 5. The maximum atomic E-state index is 13.5. The van der Waals surface area contributed by atoms with Crippen LogP contribution >= 0.6 is 11.3 Å². The predicted octanol–water partition coefficient (Wildman–Crippen LogP) is 5.06. The molecule has 0 radical (unpaired) electrons. The number of thiazole rings is 1. The fraction of sp³-hybridized carbons (Fsp3) is 0.250. The SMILES string of the molecule is Cc1nc(C)c(C(=O)C2=C(O)C(=O)N(c3ccc(C(C)C)cc3)C2c2ccccn2)s1. The number of hydrogen-bond acceptors (Lipinski definition) is 6. The van der Waals surface area contributed by atoms with Gasteiger partial charge in [-0.3, -0.25) is 19.5 Å². The van der Waals surface area contributed by atoms with Gasteiger partial charge in [0.1, 0.15) is 6.04 Å². The zero-order valence-corrected chi connectivity index (χ0v) is 18.6. The number of benzene rings is 1. The van der Waals surface area contributed by atoms with E-state index in [1.165, 1.54) is 16.2 Å². The fourth-order valence-electron chi connectivity index (χ4n) is 3.81. The van der Waals surface area contributed by atoms with Crippen LogP contribution in [0.5, 0.6) is 0 Å². The first kappa shape index (κ1) is 20.9. The second-order valence-electron chi connectivity index (χ2n) is 7.82. The smallest absolute Gasteiger partial charge is 0.294 e. The van der Waals surface area contributed by atoms with Crippen LogP contribution in [0.2, 0.25) is 0 Å². The van der Waals surface area contributed by atoms with Gasteiger partial charge in [-0.25, -0.2) is 4.98 Å². The molecule has 7 heteroatoms. The number of nitrogens with zero attached hydrogens (tertiary/aromatic N) is 3. The van der Waals surface area contributed by atoms with Gasteiger partial charge in [0.15, 0.2) is 5.76 Å². The summed E-state index contributed by atoms with van der Waals surface area (Å²) in [7, 11) is 0. The van der Waals surface area contributed by atoms with E-state index in [9.17, 15) is 14.7 Å². The van der Waals surface area contributed by atoms with Crippen molar-refractivity contribution < 1.29 is 14.7 Å². The molecule has 0 spiro atoms. The number of aromatic nitrogens is 2. The number of Topliss-reactive ketones (excluding diaryl/α,β-unsaturated/α-hetero) is 1. The maximum absolute atomic E-state index is 13.5. The molecule has 1 aliphatic heterocycles. The molecule has 0 aliphatic carbocycles. The van der Waals surface area contributed by atoms with E-state index in [-0.39, 0.29) is 5.57 Å². The first-order chi connectivity index (χ1) is 14.8. The van der Waals surface area contributed by atoms with Crippen molar-refractivity contribution in [3.05, 3.63) is 86.8 Å². The third kappa shape index (κ3) is 3.65. The summed E-state index contributed by atoms with van der Waals surface area (Å²) in [5.74, 6) is -1.21. The van der Waals surface area contributed by atoms with Gasteiger partial charge >= 0.3 is 0 Å². The summed E-state index contributed by atoms with van der Waals surface area (Å²) in [6, 6.07) is 12.1. The predicted molar refractivity (Wildman–Crippen MR) is 121 cm³/mol.